The lowest BCUT2D eigenvalue weighted by Gasteiger charge is -2.19. The van der Waals surface area contributed by atoms with Gasteiger partial charge >= 0.3 is 12.0 Å². The van der Waals surface area contributed by atoms with Gasteiger partial charge in [-0.2, -0.15) is 0 Å². The van der Waals surface area contributed by atoms with Crippen molar-refractivity contribution in [2.24, 2.45) is 0 Å². The zero-order valence-electron chi connectivity index (χ0n) is 13.5. The maximum absolute atomic E-state index is 11.8. The first kappa shape index (κ1) is 17.6. The molecule has 0 radical (unpaired) electrons. The van der Waals surface area contributed by atoms with E-state index in [1.165, 1.54) is 7.11 Å². The number of methoxy groups -OCH3 is 1. The van der Waals surface area contributed by atoms with Gasteiger partial charge in [0.2, 0.25) is 5.91 Å². The first-order chi connectivity index (χ1) is 11.5. The summed E-state index contributed by atoms with van der Waals surface area (Å²) in [5, 5.41) is 13.8. The van der Waals surface area contributed by atoms with Gasteiger partial charge in [0.1, 0.15) is 5.75 Å². The number of nitrogens with zero attached hydrogens (tertiary/aromatic N) is 1. The molecule has 0 atom stereocenters. The fraction of sp³-hybridized carbons (Fsp3) is 0.438. The van der Waals surface area contributed by atoms with Crippen molar-refractivity contribution in [3.8, 4) is 5.75 Å². The van der Waals surface area contributed by atoms with Gasteiger partial charge in [0, 0.05) is 37.7 Å². The molecule has 24 heavy (non-hydrogen) atoms. The largest absolute Gasteiger partial charge is 0.494 e. The van der Waals surface area contributed by atoms with E-state index in [2.05, 4.69) is 10.6 Å². The monoisotopic (exact) mass is 335 g/mol. The zero-order valence-corrected chi connectivity index (χ0v) is 13.5. The highest BCUT2D eigenvalue weighted by atomic mass is 16.5. The second-order valence-corrected chi connectivity index (χ2v) is 5.41. The smallest absolute Gasteiger partial charge is 0.319 e. The van der Waals surface area contributed by atoms with E-state index in [0.29, 0.717) is 36.5 Å². The van der Waals surface area contributed by atoms with Crippen molar-refractivity contribution in [1.82, 2.24) is 5.32 Å². The molecule has 1 aliphatic rings. The molecule has 1 aliphatic heterocycles. The van der Waals surface area contributed by atoms with E-state index >= 15 is 0 Å². The number of hydrogen-bond donors (Lipinski definition) is 3. The maximum atomic E-state index is 11.8. The molecule has 130 valence electrons. The number of hydrogen-bond acceptors (Lipinski definition) is 4. The second-order valence-electron chi connectivity index (χ2n) is 5.41. The average Bonchev–Trinajstić information content (AvgIpc) is 2.97. The lowest BCUT2D eigenvalue weighted by atomic mass is 10.2. The third-order valence-electron chi connectivity index (χ3n) is 3.65. The maximum Gasteiger partial charge on any atom is 0.319 e. The topological polar surface area (TPSA) is 108 Å². The Hall–Kier alpha value is -2.77. The summed E-state index contributed by atoms with van der Waals surface area (Å²) >= 11 is 0. The van der Waals surface area contributed by atoms with Gasteiger partial charge in [0.15, 0.2) is 0 Å². The summed E-state index contributed by atoms with van der Waals surface area (Å²) in [7, 11) is 1.51. The first-order valence-corrected chi connectivity index (χ1v) is 7.76. The average molecular weight is 335 g/mol. The lowest BCUT2D eigenvalue weighted by Crippen LogP contribution is -2.30. The van der Waals surface area contributed by atoms with Crippen LogP contribution in [-0.2, 0) is 9.59 Å². The Kier molecular flexibility index (Phi) is 6.00. The molecule has 8 heteroatoms. The van der Waals surface area contributed by atoms with Crippen LogP contribution < -0.4 is 20.3 Å². The number of ether oxygens (including phenoxy) is 1. The van der Waals surface area contributed by atoms with E-state index in [4.69, 9.17) is 9.84 Å². The van der Waals surface area contributed by atoms with Crippen molar-refractivity contribution < 1.29 is 24.2 Å². The van der Waals surface area contributed by atoms with Crippen molar-refractivity contribution in [2.45, 2.75) is 25.7 Å². The van der Waals surface area contributed by atoms with Gasteiger partial charge in [-0.3, -0.25) is 9.59 Å². The van der Waals surface area contributed by atoms with E-state index in [0.717, 1.165) is 6.42 Å². The summed E-state index contributed by atoms with van der Waals surface area (Å²) in [6, 6.07) is 4.66. The second kappa shape index (κ2) is 8.19. The number of amides is 3. The van der Waals surface area contributed by atoms with Crippen LogP contribution in [0.1, 0.15) is 25.7 Å². The van der Waals surface area contributed by atoms with Crippen molar-refractivity contribution in [3.63, 3.8) is 0 Å². The van der Waals surface area contributed by atoms with Gasteiger partial charge in [-0.25, -0.2) is 4.79 Å². The molecule has 0 aliphatic carbocycles. The normalized spacial score (nSPS) is 13.7. The summed E-state index contributed by atoms with van der Waals surface area (Å²) in [5.41, 5.74) is 1.21. The predicted molar refractivity (Wildman–Crippen MR) is 88.5 cm³/mol. The summed E-state index contributed by atoms with van der Waals surface area (Å²) in [6.07, 6.45) is 1.72. The molecule has 3 amide bonds. The van der Waals surface area contributed by atoms with E-state index in [-0.39, 0.29) is 18.9 Å². The van der Waals surface area contributed by atoms with Crippen LogP contribution in [-0.4, -0.2) is 43.2 Å². The highest BCUT2D eigenvalue weighted by Gasteiger charge is 2.24. The molecule has 1 aromatic rings. The number of carbonyl (C=O) groups is 3. The van der Waals surface area contributed by atoms with Gasteiger partial charge in [-0.15, -0.1) is 0 Å². The molecule has 0 aromatic heterocycles. The number of rotatable bonds is 7. The Bertz CT molecular complexity index is 632. The standard InChI is InChI=1S/C16H21N3O5/c1-24-13-10-11(18-16(23)17-8-2-5-15(21)22)6-7-12(13)19-9-3-4-14(19)20/h6-7,10H,2-5,8-9H2,1H3,(H,21,22)(H2,17,18,23). The van der Waals surface area contributed by atoms with Crippen LogP contribution in [0.2, 0.25) is 0 Å². The van der Waals surface area contributed by atoms with Gasteiger partial charge in [0.25, 0.3) is 0 Å². The molecule has 2 rings (SSSR count). The molecule has 1 heterocycles. The number of nitrogens with one attached hydrogen (secondary N) is 2. The van der Waals surface area contributed by atoms with E-state index in [1.807, 2.05) is 0 Å². The molecule has 0 saturated carbocycles. The molecule has 1 aromatic carbocycles. The third-order valence-corrected chi connectivity index (χ3v) is 3.65. The number of anilines is 2. The molecule has 8 nitrogen and oxygen atoms in total. The summed E-state index contributed by atoms with van der Waals surface area (Å²) < 4.78 is 5.32. The van der Waals surface area contributed by atoms with E-state index < -0.39 is 12.0 Å². The number of benzene rings is 1. The Labute approximate surface area is 139 Å². The number of urea groups is 1. The fourth-order valence-corrected chi connectivity index (χ4v) is 2.50. The highest BCUT2D eigenvalue weighted by molar-refractivity contribution is 5.97. The van der Waals surface area contributed by atoms with Gasteiger partial charge < -0.3 is 25.4 Å². The van der Waals surface area contributed by atoms with E-state index in [1.54, 1.807) is 23.1 Å². The SMILES string of the molecule is COc1cc(NC(=O)NCCCC(=O)O)ccc1N1CCCC1=O. The predicted octanol–water partition coefficient (Wildman–Crippen LogP) is 1.81. The van der Waals surface area contributed by atoms with Crippen molar-refractivity contribution in [1.29, 1.82) is 0 Å². The molecular weight excluding hydrogens is 314 g/mol. The lowest BCUT2D eigenvalue weighted by molar-refractivity contribution is -0.137. The minimum absolute atomic E-state index is 0.00661. The summed E-state index contributed by atoms with van der Waals surface area (Å²) in [4.78, 5) is 35.7. The molecule has 0 bridgehead atoms. The van der Waals surface area contributed by atoms with Crippen LogP contribution in [0.15, 0.2) is 18.2 Å². The van der Waals surface area contributed by atoms with Crippen LogP contribution in [0, 0.1) is 0 Å². The van der Waals surface area contributed by atoms with Crippen LogP contribution in [0.4, 0.5) is 16.2 Å². The molecule has 1 fully saturated rings. The number of carboxylic acid groups (broad SMARTS) is 1. The molecule has 3 N–H and O–H groups in total. The molecule has 1 saturated heterocycles. The van der Waals surface area contributed by atoms with Gasteiger partial charge in [0.05, 0.1) is 12.8 Å². The Balaban J connectivity index is 1.95. The van der Waals surface area contributed by atoms with Crippen LogP contribution in [0.5, 0.6) is 5.75 Å². The first-order valence-electron chi connectivity index (χ1n) is 7.76. The Morgan fingerprint density at radius 1 is 1.38 bits per heavy atom. The molecule has 0 unspecified atom stereocenters. The summed E-state index contributed by atoms with van der Waals surface area (Å²) in [5.74, 6) is -0.326. The quantitative estimate of drug-likeness (QED) is 0.659. The Morgan fingerprint density at radius 2 is 2.17 bits per heavy atom. The highest BCUT2D eigenvalue weighted by Crippen LogP contribution is 2.33. The van der Waals surface area contributed by atoms with Crippen LogP contribution >= 0.6 is 0 Å². The zero-order chi connectivity index (χ0) is 17.5. The Morgan fingerprint density at radius 3 is 2.79 bits per heavy atom. The fourth-order valence-electron chi connectivity index (χ4n) is 2.50. The van der Waals surface area contributed by atoms with Gasteiger partial charge in [-0.05, 0) is 25.0 Å². The van der Waals surface area contributed by atoms with Crippen LogP contribution in [0.25, 0.3) is 0 Å². The number of carboxylic acids is 1. The number of aliphatic carboxylic acids is 1. The van der Waals surface area contributed by atoms with Crippen molar-refractivity contribution >= 4 is 29.3 Å². The number of carbonyl (C=O) groups excluding carboxylic acids is 2. The minimum atomic E-state index is -0.894. The summed E-state index contributed by atoms with van der Waals surface area (Å²) in [6.45, 7) is 0.932. The van der Waals surface area contributed by atoms with Crippen molar-refractivity contribution in [3.05, 3.63) is 18.2 Å². The van der Waals surface area contributed by atoms with Crippen LogP contribution in [0.3, 0.4) is 0 Å². The molecule has 0 spiro atoms. The third kappa shape index (κ3) is 4.61. The van der Waals surface area contributed by atoms with E-state index in [9.17, 15) is 14.4 Å². The minimum Gasteiger partial charge on any atom is -0.494 e. The molecular formula is C16H21N3O5. The van der Waals surface area contributed by atoms with Gasteiger partial charge in [-0.1, -0.05) is 0 Å². The van der Waals surface area contributed by atoms with Crippen molar-refractivity contribution in [2.75, 3.05) is 30.4 Å².